The second-order valence-electron chi connectivity index (χ2n) is 11.3. The maximum Gasteiger partial charge on any atom is 0.254 e. The Bertz CT molecular complexity index is 1640. The fourth-order valence-electron chi connectivity index (χ4n) is 5.58. The maximum atomic E-state index is 14.0. The van der Waals surface area contributed by atoms with Gasteiger partial charge >= 0.3 is 0 Å². The minimum atomic E-state index is -1.59. The van der Waals surface area contributed by atoms with E-state index in [9.17, 15) is 23.9 Å². The summed E-state index contributed by atoms with van der Waals surface area (Å²) >= 11 is 6.07. The van der Waals surface area contributed by atoms with Gasteiger partial charge in [0, 0.05) is 35.8 Å². The molecule has 0 radical (unpaired) electrons. The van der Waals surface area contributed by atoms with Crippen LogP contribution in [0.25, 0.3) is 11.3 Å². The number of nitrogens with two attached hydrogens (primary N) is 1. The van der Waals surface area contributed by atoms with Crippen molar-refractivity contribution in [1.29, 1.82) is 0 Å². The number of hydrogen-bond donors (Lipinski definition) is 3. The van der Waals surface area contributed by atoms with Crippen LogP contribution in [0.3, 0.4) is 0 Å². The zero-order valence-corrected chi connectivity index (χ0v) is 23.2. The third-order valence-electron chi connectivity index (χ3n) is 8.38. The summed E-state index contributed by atoms with van der Waals surface area (Å²) in [6.07, 6.45) is 1.42. The number of carbonyl (C=O) groups is 3. The number of fused-ring (bicyclic) bond motifs is 2. The molecule has 0 spiro atoms. The minimum absolute atomic E-state index is 0.0284. The molecule has 1 aliphatic carbocycles. The molecule has 2 atom stereocenters. The molecule has 212 valence electrons. The van der Waals surface area contributed by atoms with E-state index in [0.717, 1.165) is 5.56 Å². The Morgan fingerprint density at radius 2 is 2.02 bits per heavy atom. The van der Waals surface area contributed by atoms with Crippen molar-refractivity contribution in [1.82, 2.24) is 15.2 Å². The summed E-state index contributed by atoms with van der Waals surface area (Å²) in [5.74, 6) is -1.62. The zero-order chi connectivity index (χ0) is 29.3. The van der Waals surface area contributed by atoms with Crippen molar-refractivity contribution in [3.8, 4) is 17.0 Å². The second-order valence-corrected chi connectivity index (χ2v) is 11.7. The summed E-state index contributed by atoms with van der Waals surface area (Å²) < 4.78 is 19.9. The smallest absolute Gasteiger partial charge is 0.254 e. The summed E-state index contributed by atoms with van der Waals surface area (Å²) in [6, 6.07) is 10.6. The van der Waals surface area contributed by atoms with Crippen LogP contribution in [0.2, 0.25) is 5.02 Å². The highest BCUT2D eigenvalue weighted by molar-refractivity contribution is 6.31. The number of hydrogen-bond acceptors (Lipinski definition) is 6. The largest absolute Gasteiger partial charge is 0.489 e. The topological polar surface area (TPSA) is 135 Å². The highest BCUT2D eigenvalue weighted by atomic mass is 35.5. The highest BCUT2D eigenvalue weighted by Crippen LogP contribution is 2.50. The van der Waals surface area contributed by atoms with E-state index in [4.69, 9.17) is 27.1 Å². The van der Waals surface area contributed by atoms with Crippen molar-refractivity contribution < 1.29 is 28.6 Å². The Kier molecular flexibility index (Phi) is 6.31. The molecule has 1 unspecified atom stereocenters. The van der Waals surface area contributed by atoms with Crippen molar-refractivity contribution in [2.75, 3.05) is 20.2 Å². The van der Waals surface area contributed by atoms with Crippen LogP contribution in [0.4, 0.5) is 4.39 Å². The van der Waals surface area contributed by atoms with Gasteiger partial charge in [-0.05, 0) is 73.7 Å². The predicted octanol–water partition coefficient (Wildman–Crippen LogP) is 3.29. The van der Waals surface area contributed by atoms with E-state index in [0.29, 0.717) is 47.4 Å². The van der Waals surface area contributed by atoms with Gasteiger partial charge in [-0.15, -0.1) is 0 Å². The zero-order valence-electron chi connectivity index (χ0n) is 22.5. The van der Waals surface area contributed by atoms with Crippen LogP contribution >= 0.6 is 11.6 Å². The van der Waals surface area contributed by atoms with Crippen LogP contribution in [0.5, 0.6) is 5.75 Å². The van der Waals surface area contributed by atoms with Gasteiger partial charge in [-0.25, -0.2) is 9.37 Å². The average molecular weight is 579 g/mol. The fraction of sp³-hybridized carbons (Fsp3) is 0.333. The van der Waals surface area contributed by atoms with Crippen molar-refractivity contribution >= 4 is 29.3 Å². The Hall–Kier alpha value is -4.02. The second kappa shape index (κ2) is 9.53. The van der Waals surface area contributed by atoms with Gasteiger partial charge < -0.3 is 25.8 Å². The van der Waals surface area contributed by atoms with E-state index in [1.807, 2.05) is 0 Å². The van der Waals surface area contributed by atoms with Crippen molar-refractivity contribution in [3.63, 3.8) is 0 Å². The van der Waals surface area contributed by atoms with Gasteiger partial charge in [0.15, 0.2) is 0 Å². The SMILES string of the molecule is CN1Cc2cc(C(=O)NCC(O)(c3cc4c(c(-c5ccc(F)c(Cl)c5)n3)OC[C@]4(C)C(N)=O)C3CC3)ccc2C1=O. The van der Waals surface area contributed by atoms with Crippen LogP contribution in [0.15, 0.2) is 42.5 Å². The van der Waals surface area contributed by atoms with E-state index in [1.54, 1.807) is 43.1 Å². The van der Waals surface area contributed by atoms with Crippen LogP contribution in [-0.2, 0) is 22.4 Å². The fourth-order valence-corrected chi connectivity index (χ4v) is 5.76. The van der Waals surface area contributed by atoms with Crippen molar-refractivity contribution in [3.05, 3.63) is 81.3 Å². The Morgan fingerprint density at radius 3 is 2.71 bits per heavy atom. The molecule has 11 heteroatoms. The van der Waals surface area contributed by atoms with Gasteiger partial charge in [-0.3, -0.25) is 14.4 Å². The summed E-state index contributed by atoms with van der Waals surface area (Å²) in [6.45, 7) is 1.88. The summed E-state index contributed by atoms with van der Waals surface area (Å²) in [5.41, 5.74) is 6.07. The molecular weight excluding hydrogens is 551 g/mol. The van der Waals surface area contributed by atoms with Crippen LogP contribution in [0, 0.1) is 11.7 Å². The van der Waals surface area contributed by atoms with Gasteiger partial charge in [0.2, 0.25) is 5.91 Å². The highest BCUT2D eigenvalue weighted by Gasteiger charge is 2.50. The van der Waals surface area contributed by atoms with E-state index < -0.39 is 28.6 Å². The molecule has 41 heavy (non-hydrogen) atoms. The first kappa shape index (κ1) is 27.2. The maximum absolute atomic E-state index is 14.0. The standard InChI is InChI=1S/C30H28ClFN4O5/c1-29(28(33)39)14-41-25-20(29)11-23(35-24(25)15-4-8-22(32)21(31)10-15)30(40,18-5-6-18)13-34-26(37)16-3-7-19-17(9-16)12-36(2)27(19)38/h3-4,7-11,18,40H,5-6,12-14H2,1-2H3,(H2,33,39)(H,34,37)/t29-,30?/m0/s1. The van der Waals surface area contributed by atoms with Gasteiger partial charge in [0.1, 0.15) is 34.9 Å². The number of carbonyl (C=O) groups excluding carboxylic acids is 3. The lowest BCUT2D eigenvalue weighted by atomic mass is 9.81. The van der Waals surface area contributed by atoms with Gasteiger partial charge in [0.25, 0.3) is 11.8 Å². The minimum Gasteiger partial charge on any atom is -0.489 e. The number of benzene rings is 2. The third-order valence-corrected chi connectivity index (χ3v) is 8.67. The molecule has 3 heterocycles. The summed E-state index contributed by atoms with van der Waals surface area (Å²) in [5, 5.41) is 14.8. The molecule has 0 bridgehead atoms. The number of nitrogens with one attached hydrogen (secondary N) is 1. The van der Waals surface area contributed by atoms with Gasteiger partial charge in [-0.1, -0.05) is 11.6 Å². The molecule has 3 aromatic rings. The lowest BCUT2D eigenvalue weighted by Crippen LogP contribution is -2.44. The Morgan fingerprint density at radius 1 is 1.27 bits per heavy atom. The number of primary amides is 1. The summed E-state index contributed by atoms with van der Waals surface area (Å²) in [4.78, 5) is 44.3. The third kappa shape index (κ3) is 4.42. The molecule has 3 aliphatic rings. The van der Waals surface area contributed by atoms with Crippen molar-refractivity contribution in [2.24, 2.45) is 11.7 Å². The van der Waals surface area contributed by atoms with Gasteiger partial charge in [-0.2, -0.15) is 0 Å². The normalized spacial score (nSPS) is 20.7. The van der Waals surface area contributed by atoms with E-state index in [-0.39, 0.29) is 41.4 Å². The summed E-state index contributed by atoms with van der Waals surface area (Å²) in [7, 11) is 1.70. The van der Waals surface area contributed by atoms with Gasteiger partial charge in [0.05, 0.1) is 17.3 Å². The van der Waals surface area contributed by atoms with Crippen molar-refractivity contribution in [2.45, 2.75) is 37.3 Å². The number of rotatable bonds is 7. The molecule has 4 N–H and O–H groups in total. The number of pyridine rings is 1. The molecule has 1 fully saturated rings. The molecule has 2 aliphatic heterocycles. The molecule has 1 aromatic heterocycles. The van der Waals surface area contributed by atoms with Crippen LogP contribution in [0.1, 0.15) is 57.3 Å². The predicted molar refractivity (Wildman–Crippen MR) is 148 cm³/mol. The molecule has 2 aromatic carbocycles. The Labute approximate surface area is 240 Å². The van der Waals surface area contributed by atoms with E-state index in [1.165, 1.54) is 18.2 Å². The first-order valence-electron chi connectivity index (χ1n) is 13.3. The number of aromatic nitrogens is 1. The number of halogens is 2. The lowest BCUT2D eigenvalue weighted by Gasteiger charge is -2.30. The molecule has 9 nitrogen and oxygen atoms in total. The quantitative estimate of drug-likeness (QED) is 0.394. The number of ether oxygens (including phenoxy) is 1. The monoisotopic (exact) mass is 578 g/mol. The molecule has 1 saturated carbocycles. The van der Waals surface area contributed by atoms with E-state index >= 15 is 0 Å². The van der Waals surface area contributed by atoms with Crippen LogP contribution < -0.4 is 15.8 Å². The molecule has 6 rings (SSSR count). The molecular formula is C30H28ClFN4O5. The number of aliphatic hydroxyl groups is 1. The number of amides is 3. The lowest BCUT2D eigenvalue weighted by molar-refractivity contribution is -0.123. The first-order valence-corrected chi connectivity index (χ1v) is 13.6. The van der Waals surface area contributed by atoms with Crippen LogP contribution in [-0.4, -0.2) is 52.9 Å². The molecule has 3 amide bonds. The number of nitrogens with zero attached hydrogens (tertiary/aromatic N) is 2. The van der Waals surface area contributed by atoms with E-state index in [2.05, 4.69) is 5.32 Å². The Balaban J connectivity index is 1.38. The first-order chi connectivity index (χ1) is 19.4. The average Bonchev–Trinajstić information content (AvgIpc) is 3.70. The molecule has 0 saturated heterocycles.